The molecule has 0 saturated carbocycles. The minimum Gasteiger partial charge on any atom is -0.497 e. The number of hydrogen-bond acceptors (Lipinski definition) is 6. The van der Waals surface area contributed by atoms with Crippen molar-refractivity contribution < 1.29 is 23.8 Å². The number of ether oxygens (including phenoxy) is 3. The van der Waals surface area contributed by atoms with Crippen molar-refractivity contribution in [2.45, 2.75) is 32.5 Å². The summed E-state index contributed by atoms with van der Waals surface area (Å²) in [4.78, 5) is 30.0. The van der Waals surface area contributed by atoms with Gasteiger partial charge in [-0.2, -0.15) is 0 Å². The number of carbonyl (C=O) groups is 2. The molecule has 3 rings (SSSR count). The van der Waals surface area contributed by atoms with E-state index in [1.807, 2.05) is 45.0 Å². The second-order valence-electron chi connectivity index (χ2n) is 8.08. The Morgan fingerprint density at radius 2 is 1.79 bits per heavy atom. The van der Waals surface area contributed by atoms with E-state index < -0.39 is 5.60 Å². The molecule has 8 nitrogen and oxygen atoms in total. The molecule has 2 aliphatic rings. The maximum Gasteiger partial charge on any atom is 0.414 e. The molecule has 0 unspecified atom stereocenters. The van der Waals surface area contributed by atoms with E-state index in [1.54, 1.807) is 16.9 Å². The molecule has 0 aliphatic carbocycles. The average Bonchev–Trinajstić information content (AvgIpc) is 3.01. The molecule has 1 aromatic carbocycles. The minimum absolute atomic E-state index is 0.192. The van der Waals surface area contributed by atoms with E-state index in [1.165, 1.54) is 0 Å². The van der Waals surface area contributed by atoms with Crippen LogP contribution in [0.3, 0.4) is 0 Å². The number of amides is 2. The third-order valence-electron chi connectivity index (χ3n) is 4.74. The second kappa shape index (κ2) is 8.26. The van der Waals surface area contributed by atoms with Crippen molar-refractivity contribution in [3.05, 3.63) is 24.3 Å². The Hall–Kier alpha value is -2.48. The van der Waals surface area contributed by atoms with Crippen LogP contribution in [0, 0.1) is 0 Å². The molecule has 0 spiro atoms. The molecular weight excluding hydrogens is 362 g/mol. The van der Waals surface area contributed by atoms with Crippen LogP contribution in [-0.2, 0) is 9.47 Å². The van der Waals surface area contributed by atoms with Crippen LogP contribution in [0.15, 0.2) is 24.3 Å². The summed E-state index contributed by atoms with van der Waals surface area (Å²) in [5, 5.41) is 0. The topological polar surface area (TPSA) is 71.6 Å². The summed E-state index contributed by atoms with van der Waals surface area (Å²) in [6.07, 6.45) is -0.796. The Bertz CT molecular complexity index is 693. The molecule has 0 radical (unpaired) electrons. The lowest BCUT2D eigenvalue weighted by molar-refractivity contribution is 0.0113. The van der Waals surface area contributed by atoms with Gasteiger partial charge < -0.3 is 19.1 Å². The van der Waals surface area contributed by atoms with Gasteiger partial charge >= 0.3 is 12.2 Å². The molecular formula is C20H29N3O5. The highest BCUT2D eigenvalue weighted by Crippen LogP contribution is 2.24. The maximum absolute atomic E-state index is 12.2. The monoisotopic (exact) mass is 391 g/mol. The molecule has 1 atom stereocenters. The van der Waals surface area contributed by atoms with Crippen molar-refractivity contribution in [1.82, 2.24) is 9.80 Å². The van der Waals surface area contributed by atoms with Gasteiger partial charge in [-0.05, 0) is 45.0 Å². The summed E-state index contributed by atoms with van der Waals surface area (Å²) in [5.74, 6) is 0.746. The standard InChI is InChI=1S/C20H29N3O5/c1-20(2,3)28-18(24)22-11-9-21(10-12-22)13-17-14-23(19(25)27-17)15-5-7-16(26-4)8-6-15/h5-8,17H,9-14H2,1-4H3/t17-/m0/s1. The number of cyclic esters (lactones) is 1. The van der Waals surface area contributed by atoms with Gasteiger partial charge in [-0.3, -0.25) is 9.80 Å². The fraction of sp³-hybridized carbons (Fsp3) is 0.600. The Morgan fingerprint density at radius 1 is 1.14 bits per heavy atom. The number of benzene rings is 1. The summed E-state index contributed by atoms with van der Waals surface area (Å²) in [6, 6.07) is 7.35. The van der Waals surface area contributed by atoms with E-state index >= 15 is 0 Å². The third-order valence-corrected chi connectivity index (χ3v) is 4.74. The molecule has 2 fully saturated rings. The molecule has 2 heterocycles. The maximum atomic E-state index is 12.2. The molecule has 28 heavy (non-hydrogen) atoms. The van der Waals surface area contributed by atoms with Gasteiger partial charge in [-0.25, -0.2) is 9.59 Å². The SMILES string of the molecule is COc1ccc(N2C[C@H](CN3CCN(C(=O)OC(C)(C)C)CC3)OC2=O)cc1. The highest BCUT2D eigenvalue weighted by Gasteiger charge is 2.34. The predicted molar refractivity (Wildman–Crippen MR) is 105 cm³/mol. The van der Waals surface area contributed by atoms with Crippen molar-refractivity contribution in [2.75, 3.05) is 51.3 Å². The molecule has 2 aliphatic heterocycles. The van der Waals surface area contributed by atoms with Gasteiger partial charge in [-0.15, -0.1) is 0 Å². The van der Waals surface area contributed by atoms with Gasteiger partial charge in [0.15, 0.2) is 0 Å². The van der Waals surface area contributed by atoms with Gasteiger partial charge in [0.1, 0.15) is 17.5 Å². The quantitative estimate of drug-likeness (QED) is 0.786. The van der Waals surface area contributed by atoms with Gasteiger partial charge in [0.05, 0.1) is 13.7 Å². The predicted octanol–water partition coefficient (Wildman–Crippen LogP) is 2.57. The van der Waals surface area contributed by atoms with E-state index in [0.29, 0.717) is 26.2 Å². The van der Waals surface area contributed by atoms with Crippen LogP contribution in [-0.4, -0.2) is 80.1 Å². The Morgan fingerprint density at radius 3 is 2.36 bits per heavy atom. The molecule has 8 heteroatoms. The lowest BCUT2D eigenvalue weighted by atomic mass is 10.2. The molecule has 154 valence electrons. The highest BCUT2D eigenvalue weighted by molar-refractivity contribution is 5.89. The van der Waals surface area contributed by atoms with E-state index in [9.17, 15) is 9.59 Å². The summed E-state index contributed by atoms with van der Waals surface area (Å²) >= 11 is 0. The summed E-state index contributed by atoms with van der Waals surface area (Å²) in [5.41, 5.74) is 0.306. The molecule has 1 aromatic rings. The van der Waals surface area contributed by atoms with Gasteiger partial charge in [-0.1, -0.05) is 0 Å². The van der Waals surface area contributed by atoms with Crippen LogP contribution in [0.25, 0.3) is 0 Å². The van der Waals surface area contributed by atoms with Crippen LogP contribution < -0.4 is 9.64 Å². The van der Waals surface area contributed by atoms with Crippen molar-refractivity contribution in [3.8, 4) is 5.75 Å². The highest BCUT2D eigenvalue weighted by atomic mass is 16.6. The molecule has 0 N–H and O–H groups in total. The van der Waals surface area contributed by atoms with E-state index in [0.717, 1.165) is 24.5 Å². The van der Waals surface area contributed by atoms with Gasteiger partial charge in [0.25, 0.3) is 0 Å². The number of hydrogen-bond donors (Lipinski definition) is 0. The molecule has 0 bridgehead atoms. The number of carbonyl (C=O) groups excluding carboxylic acids is 2. The van der Waals surface area contributed by atoms with Crippen molar-refractivity contribution in [2.24, 2.45) is 0 Å². The summed E-state index contributed by atoms with van der Waals surface area (Å²) in [7, 11) is 1.61. The Balaban J connectivity index is 1.48. The van der Waals surface area contributed by atoms with Crippen molar-refractivity contribution >= 4 is 17.9 Å². The second-order valence-corrected chi connectivity index (χ2v) is 8.08. The van der Waals surface area contributed by atoms with Crippen molar-refractivity contribution in [3.63, 3.8) is 0 Å². The van der Waals surface area contributed by atoms with E-state index in [-0.39, 0.29) is 18.3 Å². The summed E-state index contributed by atoms with van der Waals surface area (Å²) < 4.78 is 16.1. The van der Waals surface area contributed by atoms with Crippen LogP contribution >= 0.6 is 0 Å². The van der Waals surface area contributed by atoms with Crippen LogP contribution in [0.1, 0.15) is 20.8 Å². The fourth-order valence-electron chi connectivity index (χ4n) is 3.32. The molecule has 2 amide bonds. The van der Waals surface area contributed by atoms with Gasteiger partial charge in [0, 0.05) is 38.4 Å². The number of nitrogens with zero attached hydrogens (tertiary/aromatic N) is 3. The number of anilines is 1. The zero-order valence-electron chi connectivity index (χ0n) is 17.0. The van der Waals surface area contributed by atoms with Crippen LogP contribution in [0.5, 0.6) is 5.75 Å². The van der Waals surface area contributed by atoms with E-state index in [4.69, 9.17) is 14.2 Å². The average molecular weight is 391 g/mol. The third kappa shape index (κ3) is 5.07. The van der Waals surface area contributed by atoms with Gasteiger partial charge in [0.2, 0.25) is 0 Å². The smallest absolute Gasteiger partial charge is 0.414 e. The Kier molecular flexibility index (Phi) is 5.98. The number of piperazine rings is 1. The van der Waals surface area contributed by atoms with Crippen molar-refractivity contribution in [1.29, 1.82) is 0 Å². The largest absolute Gasteiger partial charge is 0.497 e. The summed E-state index contributed by atoms with van der Waals surface area (Å²) in [6.45, 7) is 9.44. The number of methoxy groups -OCH3 is 1. The zero-order chi connectivity index (χ0) is 20.3. The first-order chi connectivity index (χ1) is 13.2. The van der Waals surface area contributed by atoms with E-state index in [2.05, 4.69) is 4.90 Å². The lowest BCUT2D eigenvalue weighted by Gasteiger charge is -2.36. The lowest BCUT2D eigenvalue weighted by Crippen LogP contribution is -2.51. The first-order valence-corrected chi connectivity index (χ1v) is 9.57. The normalized spacial score (nSPS) is 20.9. The zero-order valence-corrected chi connectivity index (χ0v) is 17.0. The first-order valence-electron chi connectivity index (χ1n) is 9.57. The van der Waals surface area contributed by atoms with Crippen LogP contribution in [0.2, 0.25) is 0 Å². The molecule has 0 aromatic heterocycles. The number of rotatable bonds is 4. The fourth-order valence-corrected chi connectivity index (χ4v) is 3.32. The minimum atomic E-state index is -0.489. The van der Waals surface area contributed by atoms with Crippen LogP contribution in [0.4, 0.5) is 15.3 Å². The first kappa shape index (κ1) is 20.3. The Labute approximate surface area is 165 Å². The molecule has 2 saturated heterocycles.